The van der Waals surface area contributed by atoms with Gasteiger partial charge in [0.1, 0.15) is 17.6 Å². The minimum absolute atomic E-state index is 0.0218. The second kappa shape index (κ2) is 7.61. The van der Waals surface area contributed by atoms with Crippen LogP contribution in [-0.2, 0) is 20.9 Å². The number of alkyl halides is 1. The quantitative estimate of drug-likeness (QED) is 0.626. The highest BCUT2D eigenvalue weighted by atomic mass is 79.9. The Morgan fingerprint density at radius 3 is 2.83 bits per heavy atom. The van der Waals surface area contributed by atoms with Gasteiger partial charge in [-0.2, -0.15) is 0 Å². The smallest absolute Gasteiger partial charge is 0.290 e. The molecule has 1 aliphatic carbocycles. The van der Waals surface area contributed by atoms with Crippen molar-refractivity contribution in [2.24, 2.45) is 5.92 Å². The first kappa shape index (κ1) is 19.4. The van der Waals surface area contributed by atoms with Crippen LogP contribution in [0.1, 0.15) is 36.6 Å². The third-order valence-corrected chi connectivity index (χ3v) is 7.03. The summed E-state index contributed by atoms with van der Waals surface area (Å²) in [5.41, 5.74) is 1.28. The molecular weight excluding hydrogens is 450 g/mol. The molecule has 0 saturated heterocycles. The van der Waals surface area contributed by atoms with E-state index in [1.54, 1.807) is 24.3 Å². The second-order valence-electron chi connectivity index (χ2n) is 7.97. The summed E-state index contributed by atoms with van der Waals surface area (Å²) in [5, 5.41) is 0. The monoisotopic (exact) mass is 471 g/mol. The van der Waals surface area contributed by atoms with E-state index in [2.05, 4.69) is 15.9 Å². The maximum atomic E-state index is 13.6. The third kappa shape index (κ3) is 3.16. The van der Waals surface area contributed by atoms with Crippen molar-refractivity contribution in [3.63, 3.8) is 0 Å². The average molecular weight is 472 g/mol. The predicted molar refractivity (Wildman–Crippen MR) is 112 cm³/mol. The number of ketones is 1. The summed E-state index contributed by atoms with van der Waals surface area (Å²) in [5.74, 6) is 1.06. The van der Waals surface area contributed by atoms with Gasteiger partial charge in [0, 0.05) is 4.83 Å². The van der Waals surface area contributed by atoms with Gasteiger partial charge in [-0.25, -0.2) is 0 Å². The van der Waals surface area contributed by atoms with E-state index < -0.39 is 6.04 Å². The number of fused-ring (bicyclic) bond motifs is 1. The number of Topliss-reactive ketones (excluding diaryl/α,β-unsaturated/α-hetero) is 1. The highest BCUT2D eigenvalue weighted by Crippen LogP contribution is 2.48. The lowest BCUT2D eigenvalue weighted by Gasteiger charge is -2.37. The van der Waals surface area contributed by atoms with Gasteiger partial charge in [-0.1, -0.05) is 28.1 Å². The van der Waals surface area contributed by atoms with Gasteiger partial charge in [0.25, 0.3) is 5.91 Å². The molecule has 1 aromatic heterocycles. The minimum Gasteiger partial charge on any atom is -0.497 e. The maximum Gasteiger partial charge on any atom is 0.290 e. The summed E-state index contributed by atoms with van der Waals surface area (Å²) in [7, 11) is 1.60. The third-order valence-electron chi connectivity index (χ3n) is 6.19. The zero-order chi connectivity index (χ0) is 20.8. The maximum absolute atomic E-state index is 13.6. The van der Waals surface area contributed by atoms with E-state index in [-0.39, 0.29) is 36.0 Å². The van der Waals surface area contributed by atoms with Crippen LogP contribution in [0.5, 0.6) is 5.75 Å². The number of furan rings is 1. The van der Waals surface area contributed by atoms with E-state index in [1.165, 1.54) is 0 Å². The Morgan fingerprint density at radius 2 is 2.07 bits per heavy atom. The van der Waals surface area contributed by atoms with Crippen LogP contribution in [0.4, 0.5) is 0 Å². The molecule has 2 aliphatic heterocycles. The Hall–Kier alpha value is -2.54. The number of benzene rings is 1. The van der Waals surface area contributed by atoms with Gasteiger partial charge in [-0.15, -0.1) is 0 Å². The number of halogens is 1. The van der Waals surface area contributed by atoms with Gasteiger partial charge in [-0.3, -0.25) is 9.59 Å². The van der Waals surface area contributed by atoms with Crippen molar-refractivity contribution in [2.75, 3.05) is 7.11 Å². The molecular formula is C23H22BrNO5. The largest absolute Gasteiger partial charge is 0.497 e. The van der Waals surface area contributed by atoms with Gasteiger partial charge >= 0.3 is 0 Å². The fourth-order valence-electron chi connectivity index (χ4n) is 4.75. The van der Waals surface area contributed by atoms with E-state index in [1.807, 2.05) is 30.3 Å². The zero-order valence-corrected chi connectivity index (χ0v) is 18.1. The molecule has 1 fully saturated rings. The minimum atomic E-state index is -0.531. The molecule has 0 bridgehead atoms. The van der Waals surface area contributed by atoms with Crippen molar-refractivity contribution < 1.29 is 23.5 Å². The van der Waals surface area contributed by atoms with Crippen LogP contribution in [0.25, 0.3) is 0 Å². The molecule has 1 aromatic carbocycles. The van der Waals surface area contributed by atoms with Crippen LogP contribution in [0, 0.1) is 5.92 Å². The number of nitrogens with zero attached hydrogens (tertiary/aromatic N) is 1. The lowest BCUT2D eigenvalue weighted by atomic mass is 9.77. The molecule has 7 heteroatoms. The van der Waals surface area contributed by atoms with Gasteiger partial charge in [-0.05, 0) is 49.1 Å². The van der Waals surface area contributed by atoms with Crippen LogP contribution >= 0.6 is 15.9 Å². The molecule has 6 nitrogen and oxygen atoms in total. The molecule has 0 N–H and O–H groups in total. The molecule has 5 rings (SSSR count). The summed E-state index contributed by atoms with van der Waals surface area (Å²) >= 11 is 3.66. The summed E-state index contributed by atoms with van der Waals surface area (Å²) in [4.78, 5) is 29.0. The molecule has 156 valence electrons. The standard InChI is InChI=1S/C23H22BrNO5/c1-28-15-5-2-4-13(10-15)20-19-21(26)17-11-14(24)7-8-18(17)30-22(19)23(27)25(20)12-16-6-3-9-29-16/h2-6,9-10,14,17-18,20H,7-8,11-12H2,1H3. The second-order valence-corrected chi connectivity index (χ2v) is 9.27. The molecule has 3 aliphatic rings. The molecule has 0 radical (unpaired) electrons. The van der Waals surface area contributed by atoms with Gasteiger partial charge in [0.15, 0.2) is 11.5 Å². The lowest BCUT2D eigenvalue weighted by Crippen LogP contribution is -2.41. The van der Waals surface area contributed by atoms with Crippen LogP contribution in [-0.4, -0.2) is 34.6 Å². The first-order valence-electron chi connectivity index (χ1n) is 10.1. The Bertz CT molecular complexity index is 1010. The number of rotatable bonds is 4. The van der Waals surface area contributed by atoms with Gasteiger partial charge in [0.05, 0.1) is 37.5 Å². The SMILES string of the molecule is COc1cccc(C2C3=C(OC4CCC(Br)CC4C3=O)C(=O)N2Cc2ccco2)c1. The van der Waals surface area contributed by atoms with Crippen LogP contribution in [0.15, 0.2) is 58.4 Å². The van der Waals surface area contributed by atoms with E-state index in [0.717, 1.165) is 24.8 Å². The molecule has 1 amide bonds. The average Bonchev–Trinajstić information content (AvgIpc) is 3.36. The Labute approximate surface area is 182 Å². The summed E-state index contributed by atoms with van der Waals surface area (Å²) in [6.07, 6.45) is 3.76. The van der Waals surface area contributed by atoms with Gasteiger partial charge < -0.3 is 18.8 Å². The van der Waals surface area contributed by atoms with Crippen molar-refractivity contribution in [3.05, 3.63) is 65.3 Å². The van der Waals surface area contributed by atoms with Crippen LogP contribution in [0.2, 0.25) is 0 Å². The number of carbonyl (C=O) groups excluding carboxylic acids is 2. The van der Waals surface area contributed by atoms with E-state index in [9.17, 15) is 9.59 Å². The van der Waals surface area contributed by atoms with Crippen molar-refractivity contribution in [2.45, 2.75) is 42.8 Å². The van der Waals surface area contributed by atoms with Crippen LogP contribution in [0.3, 0.4) is 0 Å². The molecule has 4 atom stereocenters. The number of carbonyl (C=O) groups is 2. The number of methoxy groups -OCH3 is 1. The summed E-state index contributed by atoms with van der Waals surface area (Å²) in [6.45, 7) is 0.258. The van der Waals surface area contributed by atoms with E-state index in [0.29, 0.717) is 21.9 Å². The van der Waals surface area contributed by atoms with E-state index >= 15 is 0 Å². The Kier molecular flexibility index (Phi) is 4.93. The molecule has 30 heavy (non-hydrogen) atoms. The molecule has 4 unspecified atom stereocenters. The molecule has 1 saturated carbocycles. The highest BCUT2D eigenvalue weighted by Gasteiger charge is 2.52. The van der Waals surface area contributed by atoms with Crippen molar-refractivity contribution >= 4 is 27.6 Å². The summed E-state index contributed by atoms with van der Waals surface area (Å²) in [6, 6.07) is 10.6. The number of ether oxygens (including phenoxy) is 2. The van der Waals surface area contributed by atoms with Crippen molar-refractivity contribution in [1.29, 1.82) is 0 Å². The van der Waals surface area contributed by atoms with Crippen molar-refractivity contribution in [1.82, 2.24) is 4.90 Å². The lowest BCUT2D eigenvalue weighted by molar-refractivity contribution is -0.135. The Balaban J connectivity index is 1.59. The number of hydrogen-bond donors (Lipinski definition) is 0. The molecule has 2 aromatic rings. The zero-order valence-electron chi connectivity index (χ0n) is 16.5. The molecule has 0 spiro atoms. The topological polar surface area (TPSA) is 69.0 Å². The fourth-order valence-corrected chi connectivity index (χ4v) is 5.42. The Morgan fingerprint density at radius 1 is 1.20 bits per heavy atom. The predicted octanol–water partition coefficient (Wildman–Crippen LogP) is 4.16. The first-order valence-corrected chi connectivity index (χ1v) is 11.0. The number of hydrogen-bond acceptors (Lipinski definition) is 5. The number of amides is 1. The van der Waals surface area contributed by atoms with E-state index in [4.69, 9.17) is 13.9 Å². The van der Waals surface area contributed by atoms with Gasteiger partial charge in [0.2, 0.25) is 0 Å². The molecule has 3 heterocycles. The summed E-state index contributed by atoms with van der Waals surface area (Å²) < 4.78 is 17.1. The first-order chi connectivity index (χ1) is 14.6. The fraction of sp³-hybridized carbons (Fsp3) is 0.391. The van der Waals surface area contributed by atoms with Crippen molar-refractivity contribution in [3.8, 4) is 5.75 Å². The van der Waals surface area contributed by atoms with Crippen LogP contribution < -0.4 is 4.74 Å². The normalized spacial score (nSPS) is 28.3. The highest BCUT2D eigenvalue weighted by molar-refractivity contribution is 9.09.